The summed E-state index contributed by atoms with van der Waals surface area (Å²) in [7, 11) is 1.73. The van der Waals surface area contributed by atoms with E-state index >= 15 is 0 Å². The first-order valence-electron chi connectivity index (χ1n) is 4.86. The van der Waals surface area contributed by atoms with Gasteiger partial charge in [0.1, 0.15) is 0 Å². The maximum atomic E-state index is 11.8. The van der Waals surface area contributed by atoms with E-state index in [1.54, 1.807) is 29.0 Å². The van der Waals surface area contributed by atoms with Gasteiger partial charge in [0.05, 0.1) is 15.8 Å². The number of halogens is 1. The van der Waals surface area contributed by atoms with E-state index in [0.717, 1.165) is 0 Å². The van der Waals surface area contributed by atoms with Gasteiger partial charge in [0.2, 0.25) is 0 Å². The Bertz CT molecular complexity index is 432. The lowest BCUT2D eigenvalue weighted by molar-refractivity contribution is 0.0956. The molecule has 16 heavy (non-hydrogen) atoms. The third kappa shape index (κ3) is 2.20. The highest BCUT2D eigenvalue weighted by molar-refractivity contribution is 7.18. The Morgan fingerprint density at radius 3 is 2.75 bits per heavy atom. The molecule has 0 aliphatic carbocycles. The van der Waals surface area contributed by atoms with Crippen molar-refractivity contribution in [2.24, 2.45) is 0 Å². The number of rotatable bonds is 3. The fourth-order valence-electron chi connectivity index (χ4n) is 1.57. The number of hydrogen-bond donors (Lipinski definition) is 0. The van der Waals surface area contributed by atoms with E-state index in [4.69, 9.17) is 11.6 Å². The van der Waals surface area contributed by atoms with Crippen molar-refractivity contribution in [3.05, 3.63) is 21.3 Å². The highest BCUT2D eigenvalue weighted by atomic mass is 35.5. The van der Waals surface area contributed by atoms with E-state index in [-0.39, 0.29) is 18.4 Å². The second-order valence-electron chi connectivity index (χ2n) is 3.65. The van der Waals surface area contributed by atoms with Gasteiger partial charge in [0.15, 0.2) is 5.78 Å². The highest BCUT2D eigenvalue weighted by Gasteiger charge is 2.27. The molecule has 86 valence electrons. The molecule has 1 fully saturated rings. The van der Waals surface area contributed by atoms with E-state index in [1.807, 2.05) is 0 Å². The lowest BCUT2D eigenvalue weighted by Gasteiger charge is -2.14. The second kappa shape index (κ2) is 4.43. The van der Waals surface area contributed by atoms with E-state index < -0.39 is 0 Å². The van der Waals surface area contributed by atoms with E-state index in [9.17, 15) is 9.59 Å². The molecule has 0 unspecified atom stereocenters. The molecular formula is C10H11ClN2O2S. The lowest BCUT2D eigenvalue weighted by Crippen LogP contribution is -2.33. The summed E-state index contributed by atoms with van der Waals surface area (Å²) in [6.45, 7) is 1.43. The molecule has 0 bridgehead atoms. The first kappa shape index (κ1) is 11.4. The average molecular weight is 259 g/mol. The number of ketones is 1. The number of carbonyl (C=O) groups excluding carboxylic acids is 2. The van der Waals surface area contributed by atoms with Crippen molar-refractivity contribution in [2.45, 2.75) is 0 Å². The van der Waals surface area contributed by atoms with Gasteiger partial charge in [-0.15, -0.1) is 11.3 Å². The van der Waals surface area contributed by atoms with Crippen LogP contribution >= 0.6 is 22.9 Å². The van der Waals surface area contributed by atoms with Gasteiger partial charge >= 0.3 is 6.03 Å². The normalized spacial score (nSPS) is 16.0. The molecule has 0 radical (unpaired) electrons. The first-order valence-corrected chi connectivity index (χ1v) is 6.06. The monoisotopic (exact) mass is 258 g/mol. The van der Waals surface area contributed by atoms with Crippen LogP contribution in [0.3, 0.4) is 0 Å². The molecule has 0 atom stereocenters. The first-order chi connectivity index (χ1) is 7.58. The zero-order valence-corrected chi connectivity index (χ0v) is 10.3. The van der Waals surface area contributed by atoms with Crippen LogP contribution in [-0.4, -0.2) is 48.3 Å². The number of urea groups is 1. The fourth-order valence-corrected chi connectivity index (χ4v) is 2.54. The van der Waals surface area contributed by atoms with E-state index in [1.165, 1.54) is 11.3 Å². The molecule has 1 aromatic rings. The predicted octanol–water partition coefficient (Wildman–Crippen LogP) is 1.95. The van der Waals surface area contributed by atoms with Crippen LogP contribution in [-0.2, 0) is 0 Å². The van der Waals surface area contributed by atoms with Gasteiger partial charge < -0.3 is 9.80 Å². The van der Waals surface area contributed by atoms with Gasteiger partial charge in [0.25, 0.3) is 0 Å². The van der Waals surface area contributed by atoms with Crippen LogP contribution < -0.4 is 0 Å². The summed E-state index contributed by atoms with van der Waals surface area (Å²) in [5.41, 5.74) is 0. The fraction of sp³-hybridized carbons (Fsp3) is 0.400. The Morgan fingerprint density at radius 2 is 2.25 bits per heavy atom. The molecule has 6 heteroatoms. The number of hydrogen-bond acceptors (Lipinski definition) is 3. The zero-order chi connectivity index (χ0) is 11.7. The summed E-state index contributed by atoms with van der Waals surface area (Å²) < 4.78 is 0.591. The van der Waals surface area contributed by atoms with Gasteiger partial charge in [-0.05, 0) is 12.1 Å². The summed E-state index contributed by atoms with van der Waals surface area (Å²) in [5.74, 6) is -0.0550. The van der Waals surface area contributed by atoms with Gasteiger partial charge in [-0.1, -0.05) is 11.6 Å². The molecule has 2 heterocycles. The van der Waals surface area contributed by atoms with E-state index in [2.05, 4.69) is 0 Å². The number of thiophene rings is 1. The summed E-state index contributed by atoms with van der Waals surface area (Å²) in [6.07, 6.45) is 0. The van der Waals surface area contributed by atoms with Crippen molar-refractivity contribution in [3.63, 3.8) is 0 Å². The smallest absolute Gasteiger partial charge is 0.320 e. The second-order valence-corrected chi connectivity index (χ2v) is 5.37. The Hall–Kier alpha value is -1.07. The van der Waals surface area contributed by atoms with Crippen molar-refractivity contribution in [1.82, 2.24) is 9.80 Å². The molecule has 0 N–H and O–H groups in total. The number of nitrogens with zero attached hydrogens (tertiary/aromatic N) is 2. The minimum Gasteiger partial charge on any atom is -0.326 e. The van der Waals surface area contributed by atoms with Crippen LogP contribution in [0.15, 0.2) is 12.1 Å². The van der Waals surface area contributed by atoms with Gasteiger partial charge in [-0.25, -0.2) is 4.79 Å². The summed E-state index contributed by atoms with van der Waals surface area (Å²) >= 11 is 7.00. The number of amides is 2. The van der Waals surface area contributed by atoms with E-state index in [0.29, 0.717) is 22.3 Å². The van der Waals surface area contributed by atoms with Crippen LogP contribution in [0.2, 0.25) is 4.34 Å². The SMILES string of the molecule is CN1CCN(CC(=O)c2ccc(Cl)s2)C1=O. The van der Waals surface area contributed by atoms with Crippen molar-refractivity contribution in [1.29, 1.82) is 0 Å². The molecular weight excluding hydrogens is 248 g/mol. The molecule has 0 aromatic carbocycles. The summed E-state index contributed by atoms with van der Waals surface area (Å²) in [5, 5.41) is 0. The summed E-state index contributed by atoms with van der Waals surface area (Å²) in [6, 6.07) is 3.30. The molecule has 1 aliphatic heterocycles. The molecule has 0 spiro atoms. The molecule has 2 rings (SSSR count). The van der Waals surface area contributed by atoms with Crippen molar-refractivity contribution >= 4 is 34.8 Å². The standard InChI is InChI=1S/C10H11ClN2O2S/c1-12-4-5-13(10(12)15)6-7(14)8-2-3-9(11)16-8/h2-3H,4-6H2,1H3. The minimum atomic E-state index is -0.0870. The number of carbonyl (C=O) groups is 2. The summed E-state index contributed by atoms with van der Waals surface area (Å²) in [4.78, 5) is 27.1. The average Bonchev–Trinajstić information content (AvgIpc) is 2.79. The Kier molecular flexibility index (Phi) is 3.16. The van der Waals surface area contributed by atoms with Crippen LogP contribution in [0.25, 0.3) is 0 Å². The maximum Gasteiger partial charge on any atom is 0.320 e. The molecule has 0 saturated carbocycles. The van der Waals surface area contributed by atoms with Crippen LogP contribution in [0.5, 0.6) is 0 Å². The minimum absolute atomic E-state index is 0.0550. The predicted molar refractivity (Wildman–Crippen MR) is 63.3 cm³/mol. The van der Waals surface area contributed by atoms with Crippen LogP contribution in [0.4, 0.5) is 4.79 Å². The largest absolute Gasteiger partial charge is 0.326 e. The zero-order valence-electron chi connectivity index (χ0n) is 8.77. The van der Waals surface area contributed by atoms with Crippen molar-refractivity contribution < 1.29 is 9.59 Å². The Morgan fingerprint density at radius 1 is 1.50 bits per heavy atom. The number of likely N-dealkylation sites (N-methyl/N-ethyl adjacent to an activating group) is 1. The van der Waals surface area contributed by atoms with Crippen LogP contribution in [0.1, 0.15) is 9.67 Å². The topological polar surface area (TPSA) is 40.6 Å². The van der Waals surface area contributed by atoms with Gasteiger partial charge in [-0.2, -0.15) is 0 Å². The van der Waals surface area contributed by atoms with Crippen molar-refractivity contribution in [3.8, 4) is 0 Å². The van der Waals surface area contributed by atoms with Crippen LogP contribution in [0, 0.1) is 0 Å². The Balaban J connectivity index is 2.01. The maximum absolute atomic E-state index is 11.8. The molecule has 1 aliphatic rings. The third-order valence-corrected chi connectivity index (χ3v) is 3.76. The number of Topliss-reactive ketones (excluding diaryl/α,β-unsaturated/α-hetero) is 1. The quantitative estimate of drug-likeness (QED) is 0.778. The third-order valence-electron chi connectivity index (χ3n) is 2.48. The lowest BCUT2D eigenvalue weighted by atomic mass is 10.3. The van der Waals surface area contributed by atoms with Crippen molar-refractivity contribution in [2.75, 3.05) is 26.7 Å². The molecule has 4 nitrogen and oxygen atoms in total. The molecule has 1 aromatic heterocycles. The van der Waals surface area contributed by atoms with Gasteiger partial charge in [-0.3, -0.25) is 4.79 Å². The molecule has 1 saturated heterocycles. The van der Waals surface area contributed by atoms with Gasteiger partial charge in [0, 0.05) is 20.1 Å². The highest BCUT2D eigenvalue weighted by Crippen LogP contribution is 2.22. The Labute approximate surface area is 102 Å². The molecule has 2 amide bonds.